The Morgan fingerprint density at radius 3 is 3.05 bits per heavy atom. The van der Waals surface area contributed by atoms with Gasteiger partial charge < -0.3 is 5.73 Å². The predicted octanol–water partition coefficient (Wildman–Crippen LogP) is 3.31. The molecule has 0 saturated carbocycles. The number of rotatable bonds is 4. The Labute approximate surface area is 123 Å². The molecule has 1 aliphatic rings. The molecule has 1 aromatic carbocycles. The molecule has 0 aliphatic carbocycles. The van der Waals surface area contributed by atoms with E-state index in [-0.39, 0.29) is 16.9 Å². The highest BCUT2D eigenvalue weighted by atomic mass is 35.5. The Balaban J connectivity index is 2.21. The number of halogens is 2. The summed E-state index contributed by atoms with van der Waals surface area (Å²) in [5, 5.41) is 0.791. The summed E-state index contributed by atoms with van der Waals surface area (Å²) in [6.45, 7) is 4.53. The third-order valence-corrected chi connectivity index (χ3v) is 5.29. The summed E-state index contributed by atoms with van der Waals surface area (Å²) < 4.78 is 14.2. The second-order valence-electron chi connectivity index (χ2n) is 4.79. The van der Waals surface area contributed by atoms with Gasteiger partial charge in [0.15, 0.2) is 0 Å². The van der Waals surface area contributed by atoms with Gasteiger partial charge in [0.2, 0.25) is 0 Å². The van der Waals surface area contributed by atoms with Gasteiger partial charge in [-0.1, -0.05) is 30.7 Å². The number of hydrogen-bond acceptors (Lipinski definition) is 3. The average Bonchev–Trinajstić information content (AvgIpc) is 2.44. The average molecular weight is 303 g/mol. The van der Waals surface area contributed by atoms with Gasteiger partial charge in [-0.2, -0.15) is 11.8 Å². The van der Waals surface area contributed by atoms with E-state index in [2.05, 4.69) is 11.8 Å². The molecule has 2 atom stereocenters. The maximum atomic E-state index is 14.2. The molecule has 0 bridgehead atoms. The van der Waals surface area contributed by atoms with Gasteiger partial charge in [-0.3, -0.25) is 4.90 Å². The highest BCUT2D eigenvalue weighted by Crippen LogP contribution is 2.31. The van der Waals surface area contributed by atoms with E-state index in [1.54, 1.807) is 18.2 Å². The fraction of sp³-hybridized carbons (Fsp3) is 0.571. The monoisotopic (exact) mass is 302 g/mol. The Bertz CT molecular complexity index is 430. The Morgan fingerprint density at radius 1 is 1.58 bits per heavy atom. The van der Waals surface area contributed by atoms with Crippen LogP contribution in [0.15, 0.2) is 18.2 Å². The van der Waals surface area contributed by atoms with Crippen molar-refractivity contribution in [3.05, 3.63) is 34.6 Å². The Morgan fingerprint density at radius 2 is 2.37 bits per heavy atom. The van der Waals surface area contributed by atoms with Gasteiger partial charge >= 0.3 is 0 Å². The van der Waals surface area contributed by atoms with E-state index in [0.29, 0.717) is 17.4 Å². The molecule has 0 amide bonds. The summed E-state index contributed by atoms with van der Waals surface area (Å²) in [4.78, 5) is 2.29. The molecule has 2 nitrogen and oxygen atoms in total. The molecule has 2 N–H and O–H groups in total. The van der Waals surface area contributed by atoms with Crippen molar-refractivity contribution in [1.82, 2.24) is 4.90 Å². The summed E-state index contributed by atoms with van der Waals surface area (Å²) in [6, 6.07) is 5.09. The molecule has 5 heteroatoms. The summed E-state index contributed by atoms with van der Waals surface area (Å²) in [7, 11) is 0. The molecule has 1 fully saturated rings. The molecule has 106 valence electrons. The minimum absolute atomic E-state index is 0.0753. The summed E-state index contributed by atoms with van der Waals surface area (Å²) >= 11 is 7.87. The Kier molecular flexibility index (Phi) is 5.51. The van der Waals surface area contributed by atoms with Crippen molar-refractivity contribution in [3.63, 3.8) is 0 Å². The van der Waals surface area contributed by atoms with Crippen LogP contribution >= 0.6 is 23.4 Å². The highest BCUT2D eigenvalue weighted by molar-refractivity contribution is 8.00. The maximum Gasteiger partial charge on any atom is 0.146 e. The molecule has 1 aromatic rings. The number of benzene rings is 1. The van der Waals surface area contributed by atoms with Crippen LogP contribution in [0.2, 0.25) is 5.02 Å². The second kappa shape index (κ2) is 6.93. The number of nitrogens with two attached hydrogens (primary N) is 1. The van der Waals surface area contributed by atoms with E-state index in [4.69, 9.17) is 17.3 Å². The van der Waals surface area contributed by atoms with Gasteiger partial charge in [0.25, 0.3) is 0 Å². The topological polar surface area (TPSA) is 29.3 Å². The lowest BCUT2D eigenvalue weighted by Crippen LogP contribution is -2.43. The van der Waals surface area contributed by atoms with Crippen molar-refractivity contribution in [1.29, 1.82) is 0 Å². The lowest BCUT2D eigenvalue weighted by Gasteiger charge is -2.37. The molecule has 2 unspecified atom stereocenters. The normalized spacial score (nSPS) is 22.4. The highest BCUT2D eigenvalue weighted by Gasteiger charge is 2.27. The molecule has 2 rings (SSSR count). The lowest BCUT2D eigenvalue weighted by atomic mass is 10.0. The van der Waals surface area contributed by atoms with Gasteiger partial charge in [0.05, 0.1) is 11.1 Å². The van der Waals surface area contributed by atoms with Crippen molar-refractivity contribution < 1.29 is 4.39 Å². The van der Waals surface area contributed by atoms with Crippen molar-refractivity contribution in [3.8, 4) is 0 Å². The van der Waals surface area contributed by atoms with Gasteiger partial charge in [-0.15, -0.1) is 0 Å². The van der Waals surface area contributed by atoms with Gasteiger partial charge in [0, 0.05) is 36.2 Å². The molecule has 0 aromatic heterocycles. The van der Waals surface area contributed by atoms with Crippen molar-refractivity contribution in [2.75, 3.05) is 25.4 Å². The molecule has 19 heavy (non-hydrogen) atoms. The summed E-state index contributed by atoms with van der Waals surface area (Å²) in [5.41, 5.74) is 6.51. The third kappa shape index (κ3) is 3.43. The van der Waals surface area contributed by atoms with Crippen LogP contribution in [0.1, 0.15) is 24.9 Å². The van der Waals surface area contributed by atoms with E-state index in [1.807, 2.05) is 11.8 Å². The first-order valence-electron chi connectivity index (χ1n) is 6.67. The zero-order chi connectivity index (χ0) is 13.8. The van der Waals surface area contributed by atoms with Crippen LogP contribution in [0, 0.1) is 5.82 Å². The van der Waals surface area contributed by atoms with Gasteiger partial charge in [-0.05, 0) is 12.5 Å². The lowest BCUT2D eigenvalue weighted by molar-refractivity contribution is 0.203. The third-order valence-electron chi connectivity index (χ3n) is 3.63. The van der Waals surface area contributed by atoms with Crippen LogP contribution in [-0.4, -0.2) is 35.5 Å². The first-order chi connectivity index (χ1) is 9.17. The van der Waals surface area contributed by atoms with Crippen molar-refractivity contribution >= 4 is 23.4 Å². The SMILES string of the molecule is CCC1CN(C(CN)c2cccc(Cl)c2F)CCS1. The fourth-order valence-corrected chi connectivity index (χ4v) is 3.91. The van der Waals surface area contributed by atoms with Crippen molar-refractivity contribution in [2.45, 2.75) is 24.6 Å². The van der Waals surface area contributed by atoms with Gasteiger partial charge in [-0.25, -0.2) is 4.39 Å². The van der Waals surface area contributed by atoms with Crippen LogP contribution in [-0.2, 0) is 0 Å². The summed E-state index contributed by atoms with van der Waals surface area (Å²) in [5.74, 6) is 0.753. The van der Waals surface area contributed by atoms with E-state index in [1.165, 1.54) is 0 Å². The van der Waals surface area contributed by atoms with Crippen molar-refractivity contribution in [2.24, 2.45) is 5.73 Å². The van der Waals surface area contributed by atoms with Crippen LogP contribution in [0.25, 0.3) is 0 Å². The minimum atomic E-state index is -0.328. The fourth-order valence-electron chi connectivity index (χ4n) is 2.52. The predicted molar refractivity (Wildman–Crippen MR) is 81.3 cm³/mol. The van der Waals surface area contributed by atoms with E-state index < -0.39 is 0 Å². The van der Waals surface area contributed by atoms with Crippen LogP contribution < -0.4 is 5.73 Å². The molecule has 1 saturated heterocycles. The molecule has 0 spiro atoms. The second-order valence-corrected chi connectivity index (χ2v) is 6.61. The van der Waals surface area contributed by atoms with E-state index in [0.717, 1.165) is 25.3 Å². The zero-order valence-corrected chi connectivity index (χ0v) is 12.7. The number of nitrogens with zero attached hydrogens (tertiary/aromatic N) is 1. The minimum Gasteiger partial charge on any atom is -0.329 e. The maximum absolute atomic E-state index is 14.2. The molecule has 1 heterocycles. The Hall–Kier alpha value is -0.290. The smallest absolute Gasteiger partial charge is 0.146 e. The standard InChI is InChI=1S/C14H20ClFN2S/c1-2-10-9-18(6-7-19-10)13(8-17)11-4-3-5-12(15)14(11)16/h3-5,10,13H,2,6-9,17H2,1H3. The van der Waals surface area contributed by atoms with Gasteiger partial charge in [0.1, 0.15) is 5.82 Å². The first-order valence-corrected chi connectivity index (χ1v) is 8.09. The summed E-state index contributed by atoms with van der Waals surface area (Å²) in [6.07, 6.45) is 1.14. The molecular formula is C14H20ClFN2S. The molecular weight excluding hydrogens is 283 g/mol. The van der Waals surface area contributed by atoms with Crippen LogP contribution in [0.5, 0.6) is 0 Å². The molecule has 0 radical (unpaired) electrons. The van der Waals surface area contributed by atoms with E-state index >= 15 is 0 Å². The number of thioether (sulfide) groups is 1. The van der Waals surface area contributed by atoms with E-state index in [9.17, 15) is 4.39 Å². The number of hydrogen-bond donors (Lipinski definition) is 1. The van der Waals surface area contributed by atoms with Crippen LogP contribution in [0.3, 0.4) is 0 Å². The first kappa shape index (κ1) is 15.1. The van der Waals surface area contributed by atoms with Crippen LogP contribution in [0.4, 0.5) is 4.39 Å². The molecule has 1 aliphatic heterocycles. The zero-order valence-electron chi connectivity index (χ0n) is 11.1. The quantitative estimate of drug-likeness (QED) is 0.925. The largest absolute Gasteiger partial charge is 0.329 e.